The summed E-state index contributed by atoms with van der Waals surface area (Å²) in [5.41, 5.74) is 3.52. The second-order valence-corrected chi connectivity index (χ2v) is 8.75. The Kier molecular flexibility index (Phi) is 4.94. The Labute approximate surface area is 170 Å². The van der Waals surface area contributed by atoms with Crippen LogP contribution in [0, 0.1) is 5.41 Å². The number of amides is 1. The standard InChI is InChI=1S/C23H26N4O2/c1-15(9-10-16-7-5-4-6-8-16)26-22(29)18-14-25-27-19-11-23(2,3)12-20(28)17(19)13-24-21(18)27/h4-8,13-15H,9-12H2,1-3H3,(H,26,29). The number of carbonyl (C=O) groups excluding carboxylic acids is 2. The van der Waals surface area contributed by atoms with Crippen molar-refractivity contribution in [1.82, 2.24) is 19.9 Å². The van der Waals surface area contributed by atoms with Crippen molar-refractivity contribution in [1.29, 1.82) is 0 Å². The summed E-state index contributed by atoms with van der Waals surface area (Å²) < 4.78 is 1.66. The van der Waals surface area contributed by atoms with E-state index in [1.807, 2.05) is 25.1 Å². The molecule has 1 N–H and O–H groups in total. The van der Waals surface area contributed by atoms with Crippen LogP contribution >= 0.6 is 0 Å². The quantitative estimate of drug-likeness (QED) is 0.722. The van der Waals surface area contributed by atoms with E-state index < -0.39 is 0 Å². The molecule has 0 aliphatic heterocycles. The zero-order valence-corrected chi connectivity index (χ0v) is 17.1. The third-order valence-electron chi connectivity index (χ3n) is 5.54. The average molecular weight is 390 g/mol. The fourth-order valence-corrected chi connectivity index (χ4v) is 3.99. The van der Waals surface area contributed by atoms with Crippen LogP contribution in [0.15, 0.2) is 42.7 Å². The van der Waals surface area contributed by atoms with Gasteiger partial charge in [-0.25, -0.2) is 9.50 Å². The predicted octanol–water partition coefficient (Wildman–Crippen LogP) is 3.64. The summed E-state index contributed by atoms with van der Waals surface area (Å²) in [5, 5.41) is 7.45. The number of aromatic nitrogens is 3. The minimum atomic E-state index is -0.186. The molecule has 6 heteroatoms. The number of aryl methyl sites for hydroxylation is 1. The zero-order chi connectivity index (χ0) is 20.6. The lowest BCUT2D eigenvalue weighted by atomic mass is 9.76. The highest BCUT2D eigenvalue weighted by molar-refractivity contribution is 6.01. The zero-order valence-electron chi connectivity index (χ0n) is 17.1. The molecule has 1 aliphatic carbocycles. The van der Waals surface area contributed by atoms with E-state index in [1.54, 1.807) is 16.9 Å². The number of ketones is 1. The number of rotatable bonds is 5. The van der Waals surface area contributed by atoms with E-state index in [4.69, 9.17) is 0 Å². The van der Waals surface area contributed by atoms with E-state index in [1.165, 1.54) is 5.56 Å². The molecule has 0 radical (unpaired) electrons. The van der Waals surface area contributed by atoms with Gasteiger partial charge in [-0.3, -0.25) is 9.59 Å². The average Bonchev–Trinajstić information content (AvgIpc) is 3.11. The molecule has 2 aromatic heterocycles. The number of nitrogens with one attached hydrogen (secondary N) is 1. The Morgan fingerprint density at radius 3 is 2.72 bits per heavy atom. The van der Waals surface area contributed by atoms with Crippen LogP contribution in [0.1, 0.15) is 65.6 Å². The van der Waals surface area contributed by atoms with Crippen LogP contribution in [0.25, 0.3) is 5.65 Å². The molecule has 0 fully saturated rings. The highest BCUT2D eigenvalue weighted by Gasteiger charge is 2.33. The molecule has 4 rings (SSSR count). The minimum Gasteiger partial charge on any atom is -0.349 e. The van der Waals surface area contributed by atoms with Gasteiger partial charge >= 0.3 is 0 Å². The fourth-order valence-electron chi connectivity index (χ4n) is 3.99. The maximum absolute atomic E-state index is 12.8. The normalized spacial score (nSPS) is 16.4. The maximum Gasteiger partial charge on any atom is 0.256 e. The van der Waals surface area contributed by atoms with Gasteiger partial charge in [0.05, 0.1) is 17.5 Å². The van der Waals surface area contributed by atoms with Gasteiger partial charge in [0.2, 0.25) is 0 Å². The van der Waals surface area contributed by atoms with Gasteiger partial charge < -0.3 is 5.32 Å². The molecular weight excluding hydrogens is 364 g/mol. The van der Waals surface area contributed by atoms with Crippen molar-refractivity contribution in [3.8, 4) is 0 Å². The summed E-state index contributed by atoms with van der Waals surface area (Å²) in [5.74, 6) is -0.101. The Morgan fingerprint density at radius 2 is 1.97 bits per heavy atom. The smallest absolute Gasteiger partial charge is 0.256 e. The van der Waals surface area contributed by atoms with Crippen LogP contribution in [0.4, 0.5) is 0 Å². The molecule has 0 saturated heterocycles. The molecule has 1 aliphatic rings. The minimum absolute atomic E-state index is 0.0239. The van der Waals surface area contributed by atoms with Crippen molar-refractivity contribution in [3.05, 3.63) is 65.1 Å². The second kappa shape index (κ2) is 7.43. The lowest BCUT2D eigenvalue weighted by molar-refractivity contribution is 0.0907. The summed E-state index contributed by atoms with van der Waals surface area (Å²) >= 11 is 0. The number of fused-ring (bicyclic) bond motifs is 3. The van der Waals surface area contributed by atoms with Crippen molar-refractivity contribution >= 4 is 17.3 Å². The van der Waals surface area contributed by atoms with Crippen molar-refractivity contribution in [3.63, 3.8) is 0 Å². The van der Waals surface area contributed by atoms with Gasteiger partial charge in [0.15, 0.2) is 11.4 Å². The van der Waals surface area contributed by atoms with E-state index in [0.717, 1.165) is 25.0 Å². The second-order valence-electron chi connectivity index (χ2n) is 8.75. The lowest BCUT2D eigenvalue weighted by Crippen LogP contribution is -2.33. The van der Waals surface area contributed by atoms with Gasteiger partial charge in [-0.15, -0.1) is 0 Å². The fraction of sp³-hybridized carbons (Fsp3) is 0.391. The predicted molar refractivity (Wildman–Crippen MR) is 111 cm³/mol. The Balaban J connectivity index is 1.52. The van der Waals surface area contributed by atoms with Gasteiger partial charge in [-0.2, -0.15) is 5.10 Å². The molecule has 1 aromatic carbocycles. The first-order chi connectivity index (χ1) is 13.8. The van der Waals surface area contributed by atoms with Crippen LogP contribution in [0.2, 0.25) is 0 Å². The van der Waals surface area contributed by atoms with Crippen LogP contribution in [-0.4, -0.2) is 32.3 Å². The molecule has 1 amide bonds. The molecule has 0 spiro atoms. The first-order valence-electron chi connectivity index (χ1n) is 10.1. The SMILES string of the molecule is CC(CCc1ccccc1)NC(=O)c1cnn2c3c(cnc12)C(=O)CC(C)(C)C3. The van der Waals surface area contributed by atoms with Gasteiger partial charge in [0.1, 0.15) is 5.56 Å². The number of nitrogens with zero attached hydrogens (tertiary/aromatic N) is 3. The van der Waals surface area contributed by atoms with Gasteiger partial charge in [-0.1, -0.05) is 44.2 Å². The van der Waals surface area contributed by atoms with Gasteiger partial charge in [0, 0.05) is 18.7 Å². The van der Waals surface area contributed by atoms with Gasteiger partial charge in [0.25, 0.3) is 5.91 Å². The summed E-state index contributed by atoms with van der Waals surface area (Å²) in [4.78, 5) is 29.7. The molecule has 150 valence electrons. The number of hydrogen-bond acceptors (Lipinski definition) is 4. The Hall–Kier alpha value is -3.02. The molecule has 0 saturated carbocycles. The topological polar surface area (TPSA) is 76.4 Å². The third-order valence-corrected chi connectivity index (χ3v) is 5.54. The van der Waals surface area contributed by atoms with E-state index in [0.29, 0.717) is 23.2 Å². The first-order valence-corrected chi connectivity index (χ1v) is 10.1. The van der Waals surface area contributed by atoms with Crippen LogP contribution in [-0.2, 0) is 12.8 Å². The van der Waals surface area contributed by atoms with Crippen molar-refractivity contribution in [2.45, 2.75) is 52.5 Å². The number of Topliss-reactive ketones (excluding diaryl/α,β-unsaturated/α-hetero) is 1. The Morgan fingerprint density at radius 1 is 1.21 bits per heavy atom. The van der Waals surface area contributed by atoms with E-state index in [9.17, 15) is 9.59 Å². The molecule has 0 bridgehead atoms. The Bertz CT molecular complexity index is 1070. The molecule has 1 unspecified atom stereocenters. The number of hydrogen-bond donors (Lipinski definition) is 1. The summed E-state index contributed by atoms with van der Waals surface area (Å²) in [6.45, 7) is 6.15. The highest BCUT2D eigenvalue weighted by atomic mass is 16.1. The van der Waals surface area contributed by atoms with Crippen molar-refractivity contribution < 1.29 is 9.59 Å². The summed E-state index contributed by atoms with van der Waals surface area (Å²) in [7, 11) is 0. The molecular formula is C23H26N4O2. The van der Waals surface area contributed by atoms with Gasteiger partial charge in [-0.05, 0) is 37.2 Å². The first kappa shape index (κ1) is 19.3. The number of benzene rings is 1. The van der Waals surface area contributed by atoms with E-state index in [2.05, 4.69) is 41.4 Å². The van der Waals surface area contributed by atoms with Crippen LogP contribution in [0.5, 0.6) is 0 Å². The molecule has 29 heavy (non-hydrogen) atoms. The highest BCUT2D eigenvalue weighted by Crippen LogP contribution is 2.34. The molecule has 3 aromatic rings. The third kappa shape index (κ3) is 3.92. The molecule has 1 atom stereocenters. The molecule has 6 nitrogen and oxygen atoms in total. The molecule has 2 heterocycles. The van der Waals surface area contributed by atoms with Crippen molar-refractivity contribution in [2.75, 3.05) is 0 Å². The maximum atomic E-state index is 12.8. The lowest BCUT2D eigenvalue weighted by Gasteiger charge is -2.29. The largest absolute Gasteiger partial charge is 0.349 e. The van der Waals surface area contributed by atoms with E-state index in [-0.39, 0.29) is 23.1 Å². The number of carbonyl (C=O) groups is 2. The summed E-state index contributed by atoms with van der Waals surface area (Å²) in [6, 6.07) is 10.3. The van der Waals surface area contributed by atoms with Crippen LogP contribution in [0.3, 0.4) is 0 Å². The monoisotopic (exact) mass is 390 g/mol. The van der Waals surface area contributed by atoms with Crippen molar-refractivity contribution in [2.24, 2.45) is 5.41 Å². The van der Waals surface area contributed by atoms with Crippen LogP contribution < -0.4 is 5.32 Å². The van der Waals surface area contributed by atoms with E-state index >= 15 is 0 Å². The summed E-state index contributed by atoms with van der Waals surface area (Å²) in [6.07, 6.45) is 6.12.